The van der Waals surface area contributed by atoms with Crippen molar-refractivity contribution >= 4 is 27.5 Å². The third kappa shape index (κ3) is 4.25. The summed E-state index contributed by atoms with van der Waals surface area (Å²) in [4.78, 5) is 0. The van der Waals surface area contributed by atoms with E-state index in [0.29, 0.717) is 31.1 Å². The third-order valence-electron chi connectivity index (χ3n) is 3.41. The summed E-state index contributed by atoms with van der Waals surface area (Å²) in [5, 5.41) is 0. The first-order valence-electron chi connectivity index (χ1n) is 7.16. The van der Waals surface area contributed by atoms with Crippen molar-refractivity contribution in [1.82, 2.24) is 4.31 Å². The number of anilines is 1. The Morgan fingerprint density at radius 3 is 2.62 bits per heavy atom. The van der Waals surface area contributed by atoms with Gasteiger partial charge >= 0.3 is 10.2 Å². The van der Waals surface area contributed by atoms with E-state index < -0.39 is 10.2 Å². The Kier molecular flexibility index (Phi) is 5.72. The smallest absolute Gasteiger partial charge is 0.301 e. The van der Waals surface area contributed by atoms with Gasteiger partial charge in [-0.05, 0) is 38.0 Å². The van der Waals surface area contributed by atoms with Crippen LogP contribution in [0, 0.1) is 0 Å². The molecule has 0 saturated carbocycles. The molecule has 0 atom stereocenters. The first-order chi connectivity index (χ1) is 10.1. The number of nitrogens with one attached hydrogen (secondary N) is 1. The fourth-order valence-corrected chi connectivity index (χ4v) is 3.86. The molecule has 118 valence electrons. The van der Waals surface area contributed by atoms with Gasteiger partial charge in [0.15, 0.2) is 0 Å². The first-order valence-corrected chi connectivity index (χ1v) is 9.14. The minimum Gasteiger partial charge on any atom is -0.494 e. The predicted molar refractivity (Wildman–Crippen MR) is 85.1 cm³/mol. The van der Waals surface area contributed by atoms with Crippen molar-refractivity contribution in [3.63, 3.8) is 0 Å². The molecule has 1 fully saturated rings. The minimum absolute atomic E-state index is 0.272. The summed E-state index contributed by atoms with van der Waals surface area (Å²) in [5.41, 5.74) is 1.29. The Morgan fingerprint density at radius 1 is 1.29 bits per heavy atom. The summed E-state index contributed by atoms with van der Waals surface area (Å²) in [7, 11) is -3.49. The molecule has 1 aromatic carbocycles. The predicted octanol–water partition coefficient (Wildman–Crippen LogP) is 2.97. The maximum Gasteiger partial charge on any atom is 0.301 e. The summed E-state index contributed by atoms with van der Waals surface area (Å²) in [6.45, 7) is 3.59. The number of hydrogen-bond acceptors (Lipinski definition) is 3. The lowest BCUT2D eigenvalue weighted by Gasteiger charge is -2.26. The lowest BCUT2D eigenvalue weighted by atomic mass is 10.2. The minimum atomic E-state index is -3.49. The molecule has 0 bridgehead atoms. The number of halogens is 1. The molecular formula is C14H21ClN2O3S. The van der Waals surface area contributed by atoms with E-state index in [-0.39, 0.29) is 5.88 Å². The molecule has 7 heteroatoms. The van der Waals surface area contributed by atoms with Crippen LogP contribution in [0.25, 0.3) is 0 Å². The molecule has 5 nitrogen and oxygen atoms in total. The van der Waals surface area contributed by atoms with Gasteiger partial charge in [0.1, 0.15) is 5.75 Å². The van der Waals surface area contributed by atoms with E-state index in [4.69, 9.17) is 16.3 Å². The van der Waals surface area contributed by atoms with Crippen molar-refractivity contribution in [2.45, 2.75) is 32.1 Å². The number of alkyl halides is 1. The molecule has 0 aromatic heterocycles. The van der Waals surface area contributed by atoms with Crippen LogP contribution in [-0.4, -0.2) is 32.4 Å². The van der Waals surface area contributed by atoms with Crippen LogP contribution in [0.2, 0.25) is 0 Å². The largest absolute Gasteiger partial charge is 0.494 e. The Balaban J connectivity index is 2.14. The fourth-order valence-electron chi connectivity index (χ4n) is 2.36. The van der Waals surface area contributed by atoms with Crippen LogP contribution in [0.1, 0.15) is 31.7 Å². The average Bonchev–Trinajstić information content (AvgIpc) is 2.49. The normalized spacial score (nSPS) is 16.7. The molecule has 1 N–H and O–H groups in total. The van der Waals surface area contributed by atoms with Crippen molar-refractivity contribution in [1.29, 1.82) is 0 Å². The third-order valence-corrected chi connectivity index (χ3v) is 5.23. The molecule has 21 heavy (non-hydrogen) atoms. The molecule has 0 amide bonds. The second-order valence-corrected chi connectivity index (χ2v) is 6.89. The highest BCUT2D eigenvalue weighted by atomic mass is 35.5. The highest BCUT2D eigenvalue weighted by Gasteiger charge is 2.23. The van der Waals surface area contributed by atoms with E-state index in [1.807, 2.05) is 6.92 Å². The topological polar surface area (TPSA) is 58.6 Å². The second-order valence-electron chi connectivity index (χ2n) is 4.96. The number of ether oxygens (including phenoxy) is 1. The van der Waals surface area contributed by atoms with Crippen LogP contribution in [-0.2, 0) is 16.1 Å². The molecule has 1 saturated heterocycles. The Hall–Kier alpha value is -0.980. The van der Waals surface area contributed by atoms with Gasteiger partial charge in [-0.2, -0.15) is 12.7 Å². The second kappa shape index (κ2) is 7.33. The zero-order valence-electron chi connectivity index (χ0n) is 12.1. The van der Waals surface area contributed by atoms with E-state index >= 15 is 0 Å². The van der Waals surface area contributed by atoms with Gasteiger partial charge in [-0.25, -0.2) is 0 Å². The van der Waals surface area contributed by atoms with Crippen LogP contribution in [0.4, 0.5) is 5.69 Å². The van der Waals surface area contributed by atoms with Crippen molar-refractivity contribution < 1.29 is 13.2 Å². The summed E-state index contributed by atoms with van der Waals surface area (Å²) in [6.07, 6.45) is 2.92. The SMILES string of the molecule is CCOc1ccc(NS(=O)(=O)N2CCCCC2)cc1CCl. The molecular weight excluding hydrogens is 312 g/mol. The van der Waals surface area contributed by atoms with Crippen LogP contribution in [0.15, 0.2) is 18.2 Å². The van der Waals surface area contributed by atoms with E-state index in [2.05, 4.69) is 4.72 Å². The summed E-state index contributed by atoms with van der Waals surface area (Å²) in [6, 6.07) is 5.16. The van der Waals surface area contributed by atoms with Gasteiger partial charge in [0.25, 0.3) is 0 Å². The number of hydrogen-bond donors (Lipinski definition) is 1. The number of nitrogens with zero attached hydrogens (tertiary/aromatic N) is 1. The zero-order valence-corrected chi connectivity index (χ0v) is 13.7. The highest BCUT2D eigenvalue weighted by Crippen LogP contribution is 2.26. The lowest BCUT2D eigenvalue weighted by molar-refractivity contribution is 0.337. The zero-order chi connectivity index (χ0) is 15.3. The molecule has 0 unspecified atom stereocenters. The van der Waals surface area contributed by atoms with Crippen LogP contribution < -0.4 is 9.46 Å². The van der Waals surface area contributed by atoms with E-state index in [1.165, 1.54) is 4.31 Å². The monoisotopic (exact) mass is 332 g/mol. The lowest BCUT2D eigenvalue weighted by Crippen LogP contribution is -2.39. The van der Waals surface area contributed by atoms with Crippen LogP contribution in [0.5, 0.6) is 5.75 Å². The van der Waals surface area contributed by atoms with Gasteiger partial charge in [-0.3, -0.25) is 4.72 Å². The van der Waals surface area contributed by atoms with Crippen molar-refractivity contribution in [3.8, 4) is 5.75 Å². The van der Waals surface area contributed by atoms with E-state index in [0.717, 1.165) is 24.8 Å². The van der Waals surface area contributed by atoms with Crippen molar-refractivity contribution in [2.24, 2.45) is 0 Å². The van der Waals surface area contributed by atoms with Gasteiger partial charge in [0.2, 0.25) is 0 Å². The molecule has 0 aliphatic carbocycles. The molecule has 2 rings (SSSR count). The molecule has 1 aliphatic rings. The van der Waals surface area contributed by atoms with Crippen molar-refractivity contribution in [3.05, 3.63) is 23.8 Å². The summed E-state index contributed by atoms with van der Waals surface area (Å²) in [5.74, 6) is 0.961. The van der Waals surface area contributed by atoms with Gasteiger partial charge in [0.05, 0.1) is 18.2 Å². The molecule has 1 aliphatic heterocycles. The van der Waals surface area contributed by atoms with Gasteiger partial charge in [0, 0.05) is 18.7 Å². The number of piperidine rings is 1. The Labute approximate surface area is 131 Å². The summed E-state index contributed by atoms with van der Waals surface area (Å²) >= 11 is 5.89. The highest BCUT2D eigenvalue weighted by molar-refractivity contribution is 7.90. The van der Waals surface area contributed by atoms with Crippen LogP contribution in [0.3, 0.4) is 0 Å². The van der Waals surface area contributed by atoms with Gasteiger partial charge in [-0.1, -0.05) is 6.42 Å². The Morgan fingerprint density at radius 2 is 2.00 bits per heavy atom. The molecule has 0 spiro atoms. The average molecular weight is 333 g/mol. The number of benzene rings is 1. The molecule has 0 radical (unpaired) electrons. The summed E-state index contributed by atoms with van der Waals surface area (Å²) < 4.78 is 34.2. The van der Waals surface area contributed by atoms with E-state index in [1.54, 1.807) is 18.2 Å². The molecule has 1 heterocycles. The fraction of sp³-hybridized carbons (Fsp3) is 0.571. The quantitative estimate of drug-likeness (QED) is 0.815. The standard InChI is InChI=1S/C14H21ClN2O3S/c1-2-20-14-7-6-13(10-12(14)11-15)16-21(18,19)17-8-4-3-5-9-17/h6-7,10,16H,2-5,8-9,11H2,1H3. The Bertz CT molecular complexity index is 572. The van der Waals surface area contributed by atoms with Crippen molar-refractivity contribution in [2.75, 3.05) is 24.4 Å². The molecule has 1 aromatic rings. The van der Waals surface area contributed by atoms with Crippen LogP contribution >= 0.6 is 11.6 Å². The maximum absolute atomic E-state index is 12.3. The maximum atomic E-state index is 12.3. The van der Waals surface area contributed by atoms with Gasteiger partial charge in [-0.15, -0.1) is 11.6 Å². The first kappa shape index (κ1) is 16.4. The van der Waals surface area contributed by atoms with Gasteiger partial charge < -0.3 is 4.74 Å². The number of rotatable bonds is 6. The van der Waals surface area contributed by atoms with E-state index in [9.17, 15) is 8.42 Å².